The van der Waals surface area contributed by atoms with Gasteiger partial charge in [-0.25, -0.2) is 0 Å². The Balaban J connectivity index is 1.28. The molecular formula is C36H49N4O2-. The number of rotatable bonds is 1. The molecule has 2 N–H and O–H groups in total. The molecule has 1 aromatic carbocycles. The van der Waals surface area contributed by atoms with Gasteiger partial charge in [0, 0.05) is 46.6 Å². The molecule has 2 aromatic rings. The first-order chi connectivity index (χ1) is 20.7. The SMILES string of the molecule is [O-]N1CCc2c([nH]c3ccccc23)C1[C@H]1[C@@H]2CCN3CCCC/C=C\CC[C@@]4(O[C@@H]14)[C@@H]1NCCCC/C=C\CC[C@@]12C3. The third kappa shape index (κ3) is 4.47. The summed E-state index contributed by atoms with van der Waals surface area (Å²) in [6.45, 7) is 5.11. The van der Waals surface area contributed by atoms with E-state index < -0.39 is 0 Å². The molecule has 0 radical (unpaired) electrons. The molecule has 1 aromatic heterocycles. The van der Waals surface area contributed by atoms with Crippen LogP contribution in [0.25, 0.3) is 10.9 Å². The molecular weight excluding hydrogens is 520 g/mol. The Morgan fingerprint density at radius 1 is 0.881 bits per heavy atom. The van der Waals surface area contributed by atoms with Gasteiger partial charge in [0.1, 0.15) is 5.60 Å². The first kappa shape index (κ1) is 27.6. The van der Waals surface area contributed by atoms with Crippen LogP contribution in [0, 0.1) is 22.5 Å². The average molecular weight is 570 g/mol. The Morgan fingerprint density at radius 2 is 1.69 bits per heavy atom. The van der Waals surface area contributed by atoms with Crippen LogP contribution >= 0.6 is 0 Å². The summed E-state index contributed by atoms with van der Waals surface area (Å²) in [6.07, 6.45) is 23.7. The lowest BCUT2D eigenvalue weighted by Gasteiger charge is -2.61. The standard InChI is InChI=1S/C36H49N4O2/c41-40-24-17-27-26-15-9-10-16-29(26)38-31(27)32(40)30-28-18-23-39-22-14-8-4-2-6-12-20-36(33(30)42-36)34-35(28,25-39)19-11-5-1-3-7-13-21-37-34/h1-2,5-6,9-10,15-16,28,30,32-34,37-38H,3-4,7-8,11-14,17-25H2/q-1/b5-1-,6-2-/t28-,30+,32?,33-,34+,35-,36-/m0/s1. The highest BCUT2D eigenvalue weighted by atomic mass is 16.6. The molecule has 1 saturated carbocycles. The van der Waals surface area contributed by atoms with Gasteiger partial charge in [0.25, 0.3) is 0 Å². The van der Waals surface area contributed by atoms with Gasteiger partial charge in [0.2, 0.25) is 0 Å². The number of H-pyrrole nitrogens is 1. The maximum atomic E-state index is 14.1. The number of hydrogen-bond acceptors (Lipinski definition) is 5. The quantitative estimate of drug-likeness (QED) is 0.298. The summed E-state index contributed by atoms with van der Waals surface area (Å²) in [5.74, 6) is 0.665. The number of fused-ring (bicyclic) bond motifs is 4. The lowest BCUT2D eigenvalue weighted by Crippen LogP contribution is -2.69. The van der Waals surface area contributed by atoms with Crippen molar-refractivity contribution in [2.24, 2.45) is 17.3 Å². The number of para-hydroxylation sites is 1. The number of benzene rings is 1. The predicted molar refractivity (Wildman–Crippen MR) is 169 cm³/mol. The number of aromatic amines is 1. The van der Waals surface area contributed by atoms with E-state index >= 15 is 0 Å². The summed E-state index contributed by atoms with van der Waals surface area (Å²) >= 11 is 0. The maximum absolute atomic E-state index is 14.1. The fourth-order valence-corrected chi connectivity index (χ4v) is 10.3. The van der Waals surface area contributed by atoms with Crippen LogP contribution in [0.2, 0.25) is 0 Å². The molecule has 2 unspecified atom stereocenters. The van der Waals surface area contributed by atoms with Gasteiger partial charge in [0.15, 0.2) is 0 Å². The molecule has 226 valence electrons. The molecule has 6 heterocycles. The number of piperidine rings is 1. The zero-order valence-corrected chi connectivity index (χ0v) is 25.2. The molecule has 3 fully saturated rings. The van der Waals surface area contributed by atoms with Crippen molar-refractivity contribution in [1.29, 1.82) is 0 Å². The van der Waals surface area contributed by atoms with E-state index in [1.807, 2.05) is 0 Å². The Bertz CT molecular complexity index is 1330. The third-order valence-electron chi connectivity index (χ3n) is 12.1. The Kier molecular flexibility index (Phi) is 7.35. The van der Waals surface area contributed by atoms with Crippen LogP contribution in [0.15, 0.2) is 48.6 Å². The van der Waals surface area contributed by atoms with Gasteiger partial charge in [-0.15, -0.1) is 0 Å². The molecule has 6 aliphatic rings. The fraction of sp³-hybridized carbons (Fsp3) is 0.667. The summed E-state index contributed by atoms with van der Waals surface area (Å²) in [4.78, 5) is 6.60. The Labute approximate surface area is 251 Å². The normalized spacial score (nSPS) is 42.5. The minimum absolute atomic E-state index is 0.0901. The summed E-state index contributed by atoms with van der Waals surface area (Å²) in [7, 11) is 0. The summed E-state index contributed by atoms with van der Waals surface area (Å²) in [5, 5.41) is 21.1. The molecule has 6 nitrogen and oxygen atoms in total. The first-order valence-electron chi connectivity index (χ1n) is 17.2. The lowest BCUT2D eigenvalue weighted by molar-refractivity contribution is -0.0892. The van der Waals surface area contributed by atoms with Crippen LogP contribution < -0.4 is 5.32 Å². The lowest BCUT2D eigenvalue weighted by atomic mass is 9.49. The van der Waals surface area contributed by atoms with Crippen LogP contribution in [0.3, 0.4) is 0 Å². The van der Waals surface area contributed by atoms with E-state index in [4.69, 9.17) is 4.74 Å². The smallest absolute Gasteiger partial charge is 0.111 e. The topological polar surface area (TPSA) is 69.9 Å². The van der Waals surface area contributed by atoms with Gasteiger partial charge in [-0.3, -0.25) is 0 Å². The van der Waals surface area contributed by atoms with Crippen LogP contribution in [0.1, 0.15) is 87.9 Å². The van der Waals surface area contributed by atoms with E-state index in [1.165, 1.54) is 85.1 Å². The molecule has 8 rings (SSSR count). The van der Waals surface area contributed by atoms with Crippen molar-refractivity contribution in [3.8, 4) is 0 Å². The van der Waals surface area contributed by atoms with Crippen LogP contribution in [0.4, 0.5) is 0 Å². The highest BCUT2D eigenvalue weighted by molar-refractivity contribution is 5.85. The number of allylic oxidation sites excluding steroid dienone is 4. The number of hydrogen-bond donors (Lipinski definition) is 2. The van der Waals surface area contributed by atoms with Crippen LogP contribution in [-0.4, -0.2) is 65.4 Å². The summed E-state index contributed by atoms with van der Waals surface area (Å²) in [5.41, 5.74) is 3.64. The average Bonchev–Trinajstić information content (AvgIpc) is 3.61. The summed E-state index contributed by atoms with van der Waals surface area (Å²) < 4.78 is 7.18. The first-order valence-corrected chi connectivity index (χ1v) is 17.2. The monoisotopic (exact) mass is 569 g/mol. The second-order valence-electron chi connectivity index (χ2n) is 14.3. The molecule has 5 aliphatic heterocycles. The highest BCUT2D eigenvalue weighted by Crippen LogP contribution is 2.67. The number of nitrogens with one attached hydrogen (secondary N) is 2. The van der Waals surface area contributed by atoms with Crippen molar-refractivity contribution < 1.29 is 4.74 Å². The molecule has 6 heteroatoms. The molecule has 1 aliphatic carbocycles. The minimum Gasteiger partial charge on any atom is -0.785 e. The number of nitrogens with zero attached hydrogens (tertiary/aromatic N) is 2. The third-order valence-corrected chi connectivity index (χ3v) is 12.1. The summed E-state index contributed by atoms with van der Waals surface area (Å²) in [6, 6.07) is 8.85. The zero-order chi connectivity index (χ0) is 28.1. The van der Waals surface area contributed by atoms with Crippen LogP contribution in [-0.2, 0) is 11.2 Å². The highest BCUT2D eigenvalue weighted by Gasteiger charge is 2.76. The number of epoxide rings is 1. The van der Waals surface area contributed by atoms with Crippen LogP contribution in [0.5, 0.6) is 0 Å². The van der Waals surface area contributed by atoms with Crippen molar-refractivity contribution in [3.05, 3.63) is 65.0 Å². The fourth-order valence-electron chi connectivity index (χ4n) is 10.3. The molecule has 0 amide bonds. The van der Waals surface area contributed by atoms with E-state index in [-0.39, 0.29) is 29.1 Å². The maximum Gasteiger partial charge on any atom is 0.111 e. The van der Waals surface area contributed by atoms with Crippen molar-refractivity contribution in [1.82, 2.24) is 20.3 Å². The molecule has 42 heavy (non-hydrogen) atoms. The van der Waals surface area contributed by atoms with E-state index in [2.05, 4.69) is 63.8 Å². The molecule has 2 spiro atoms. The van der Waals surface area contributed by atoms with Gasteiger partial charge in [-0.1, -0.05) is 42.5 Å². The van der Waals surface area contributed by atoms with E-state index in [0.29, 0.717) is 18.5 Å². The molecule has 8 atom stereocenters. The second-order valence-corrected chi connectivity index (χ2v) is 14.3. The number of ether oxygens (including phenoxy) is 1. The van der Waals surface area contributed by atoms with E-state index in [0.717, 1.165) is 45.3 Å². The number of aromatic nitrogens is 1. The molecule has 2 saturated heterocycles. The molecule has 3 bridgehead atoms. The predicted octanol–water partition coefficient (Wildman–Crippen LogP) is 6.64. The number of hydroxylamine groups is 2. The minimum atomic E-state index is -0.190. The van der Waals surface area contributed by atoms with Gasteiger partial charge >= 0.3 is 0 Å². The van der Waals surface area contributed by atoms with Crippen molar-refractivity contribution in [3.63, 3.8) is 0 Å². The van der Waals surface area contributed by atoms with Gasteiger partial charge < -0.3 is 30.2 Å². The van der Waals surface area contributed by atoms with E-state index in [9.17, 15) is 5.21 Å². The van der Waals surface area contributed by atoms with Gasteiger partial charge in [-0.05, 0) is 121 Å². The Morgan fingerprint density at radius 3 is 2.60 bits per heavy atom. The van der Waals surface area contributed by atoms with Gasteiger partial charge in [0.05, 0.1) is 6.10 Å². The largest absolute Gasteiger partial charge is 0.785 e. The van der Waals surface area contributed by atoms with E-state index in [1.54, 1.807) is 0 Å². The van der Waals surface area contributed by atoms with Crippen molar-refractivity contribution in [2.45, 2.75) is 101 Å². The second kappa shape index (κ2) is 11.2. The van der Waals surface area contributed by atoms with Gasteiger partial charge in [-0.2, -0.15) is 0 Å². The van der Waals surface area contributed by atoms with Crippen molar-refractivity contribution in [2.75, 3.05) is 32.7 Å². The van der Waals surface area contributed by atoms with Crippen molar-refractivity contribution >= 4 is 10.9 Å². The Hall–Kier alpha value is -1.96. The zero-order valence-electron chi connectivity index (χ0n) is 25.2.